The van der Waals surface area contributed by atoms with Gasteiger partial charge in [-0.05, 0) is 31.0 Å². The Bertz CT molecular complexity index is 881. The summed E-state index contributed by atoms with van der Waals surface area (Å²) >= 11 is 0. The fourth-order valence-corrected chi connectivity index (χ4v) is 3.11. The Balaban J connectivity index is 1.55. The number of aryl methyl sites for hydroxylation is 1. The van der Waals surface area contributed by atoms with E-state index in [4.69, 9.17) is 4.42 Å². The summed E-state index contributed by atoms with van der Waals surface area (Å²) in [6.45, 7) is 1.35. The summed E-state index contributed by atoms with van der Waals surface area (Å²) in [5.74, 6) is 0.369. The van der Waals surface area contributed by atoms with Crippen LogP contribution in [0, 0.1) is 5.82 Å². The first-order valence-electron chi connectivity index (χ1n) is 7.71. The molecule has 3 heterocycles. The number of halogens is 1. The highest BCUT2D eigenvalue weighted by Crippen LogP contribution is 2.23. The van der Waals surface area contributed by atoms with Crippen LogP contribution in [0.5, 0.6) is 0 Å². The third-order valence-electron chi connectivity index (χ3n) is 4.30. The molecule has 0 unspecified atom stereocenters. The van der Waals surface area contributed by atoms with Gasteiger partial charge in [0.05, 0.1) is 30.3 Å². The maximum Gasteiger partial charge on any atom is 0.252 e. The molecule has 1 N–H and O–H groups in total. The maximum absolute atomic E-state index is 13.6. The van der Waals surface area contributed by atoms with E-state index in [2.05, 4.69) is 14.9 Å². The number of fused-ring (bicyclic) bond motifs is 2. The van der Waals surface area contributed by atoms with Gasteiger partial charge in [-0.25, -0.2) is 9.37 Å². The van der Waals surface area contributed by atoms with Gasteiger partial charge in [0, 0.05) is 18.4 Å². The molecular formula is C17H16FN3O2. The van der Waals surface area contributed by atoms with Gasteiger partial charge in [-0.15, -0.1) is 0 Å². The van der Waals surface area contributed by atoms with Crippen molar-refractivity contribution in [2.24, 2.45) is 0 Å². The Labute approximate surface area is 132 Å². The first kappa shape index (κ1) is 14.0. The van der Waals surface area contributed by atoms with E-state index in [1.54, 1.807) is 6.07 Å². The van der Waals surface area contributed by atoms with E-state index in [0.717, 1.165) is 37.3 Å². The zero-order chi connectivity index (χ0) is 15.8. The average Bonchev–Trinajstić information content (AvgIpc) is 3.20. The van der Waals surface area contributed by atoms with Crippen LogP contribution in [0.1, 0.15) is 34.7 Å². The molecule has 1 aliphatic heterocycles. The predicted molar refractivity (Wildman–Crippen MR) is 82.5 cm³/mol. The topological polar surface area (TPSA) is 60.1 Å². The van der Waals surface area contributed by atoms with Crippen molar-refractivity contribution >= 4 is 16.9 Å². The lowest BCUT2D eigenvalue weighted by Gasteiger charge is -2.16. The number of nitrogens with zero attached hydrogens (tertiary/aromatic N) is 2. The minimum absolute atomic E-state index is 0.111. The molecule has 5 nitrogen and oxygen atoms in total. The number of hydrogen-bond acceptors (Lipinski definition) is 3. The summed E-state index contributed by atoms with van der Waals surface area (Å²) in [7, 11) is 0. The van der Waals surface area contributed by atoms with Crippen LogP contribution in [0.25, 0.3) is 11.0 Å². The lowest BCUT2D eigenvalue weighted by molar-refractivity contribution is 0.0951. The number of imidazole rings is 1. The third-order valence-corrected chi connectivity index (χ3v) is 4.30. The summed E-state index contributed by atoms with van der Waals surface area (Å²) in [4.78, 5) is 16.8. The van der Waals surface area contributed by atoms with Crippen molar-refractivity contribution in [3.63, 3.8) is 0 Å². The van der Waals surface area contributed by atoms with Crippen molar-refractivity contribution in [1.29, 1.82) is 0 Å². The summed E-state index contributed by atoms with van der Waals surface area (Å²) < 4.78 is 20.9. The summed E-state index contributed by atoms with van der Waals surface area (Å²) in [6, 6.07) is 4.34. The highest BCUT2D eigenvalue weighted by Gasteiger charge is 2.17. The fraction of sp³-hybridized carbons (Fsp3) is 0.294. The largest absolute Gasteiger partial charge is 0.461 e. The molecule has 0 saturated carbocycles. The molecule has 0 saturated heterocycles. The van der Waals surface area contributed by atoms with Crippen LogP contribution in [0.3, 0.4) is 0 Å². The number of aromatic nitrogens is 2. The van der Waals surface area contributed by atoms with Crippen LogP contribution in [0.4, 0.5) is 4.39 Å². The number of furan rings is 1. The van der Waals surface area contributed by atoms with Gasteiger partial charge in [0.15, 0.2) is 11.4 Å². The molecule has 23 heavy (non-hydrogen) atoms. The van der Waals surface area contributed by atoms with Crippen molar-refractivity contribution in [3.05, 3.63) is 53.6 Å². The molecule has 4 rings (SSSR count). The highest BCUT2D eigenvalue weighted by molar-refractivity contribution is 6.05. The van der Waals surface area contributed by atoms with Gasteiger partial charge in [0.25, 0.3) is 5.91 Å². The zero-order valence-electron chi connectivity index (χ0n) is 12.5. The van der Waals surface area contributed by atoms with E-state index in [1.165, 1.54) is 18.4 Å². The third kappa shape index (κ3) is 2.40. The van der Waals surface area contributed by atoms with Gasteiger partial charge in [-0.3, -0.25) is 4.79 Å². The molecule has 0 aliphatic carbocycles. The van der Waals surface area contributed by atoms with Crippen LogP contribution in [-0.2, 0) is 19.5 Å². The molecule has 0 radical (unpaired) electrons. The number of amides is 1. The Morgan fingerprint density at radius 2 is 2.26 bits per heavy atom. The van der Waals surface area contributed by atoms with Gasteiger partial charge >= 0.3 is 0 Å². The second-order valence-electron chi connectivity index (χ2n) is 5.72. The van der Waals surface area contributed by atoms with Crippen molar-refractivity contribution in [3.8, 4) is 0 Å². The van der Waals surface area contributed by atoms with Gasteiger partial charge in [0.2, 0.25) is 0 Å². The molecule has 3 aromatic rings. The van der Waals surface area contributed by atoms with Crippen LogP contribution in [0.15, 0.2) is 35.1 Å². The lowest BCUT2D eigenvalue weighted by atomic mass is 10.1. The molecule has 2 aromatic heterocycles. The van der Waals surface area contributed by atoms with Gasteiger partial charge in [-0.2, -0.15) is 0 Å². The van der Waals surface area contributed by atoms with E-state index in [1.807, 2.05) is 6.20 Å². The number of rotatable bonds is 3. The number of nitrogens with one attached hydrogen (secondary N) is 1. The maximum atomic E-state index is 13.6. The van der Waals surface area contributed by atoms with Gasteiger partial charge in [-0.1, -0.05) is 0 Å². The van der Waals surface area contributed by atoms with Gasteiger partial charge in [0.1, 0.15) is 5.82 Å². The minimum atomic E-state index is -0.466. The summed E-state index contributed by atoms with van der Waals surface area (Å²) in [5.41, 5.74) is 1.52. The molecule has 1 aromatic carbocycles. The van der Waals surface area contributed by atoms with Crippen molar-refractivity contribution < 1.29 is 13.6 Å². The van der Waals surface area contributed by atoms with E-state index in [0.29, 0.717) is 17.5 Å². The Kier molecular flexibility index (Phi) is 3.37. The molecular weight excluding hydrogens is 297 g/mol. The average molecular weight is 313 g/mol. The van der Waals surface area contributed by atoms with Crippen LogP contribution in [0.2, 0.25) is 0 Å². The highest BCUT2D eigenvalue weighted by atomic mass is 19.1. The lowest BCUT2D eigenvalue weighted by Crippen LogP contribution is -2.25. The Morgan fingerprint density at radius 3 is 3.17 bits per heavy atom. The Hall–Kier alpha value is -2.63. The fourth-order valence-electron chi connectivity index (χ4n) is 3.11. The molecule has 1 aliphatic rings. The second-order valence-corrected chi connectivity index (χ2v) is 5.72. The number of carbonyl (C=O) groups excluding carboxylic acids is 1. The predicted octanol–water partition coefficient (Wildman–Crippen LogP) is 3.03. The van der Waals surface area contributed by atoms with Gasteiger partial charge < -0.3 is 14.3 Å². The summed E-state index contributed by atoms with van der Waals surface area (Å²) in [6.07, 6.45) is 6.49. The second kappa shape index (κ2) is 5.53. The van der Waals surface area contributed by atoms with Crippen molar-refractivity contribution in [2.45, 2.75) is 32.4 Å². The molecule has 6 heteroatoms. The molecule has 0 spiro atoms. The molecule has 0 bridgehead atoms. The first-order valence-corrected chi connectivity index (χ1v) is 7.71. The van der Waals surface area contributed by atoms with Crippen LogP contribution >= 0.6 is 0 Å². The normalized spacial score (nSPS) is 14.0. The zero-order valence-corrected chi connectivity index (χ0v) is 12.5. The molecule has 0 fully saturated rings. The van der Waals surface area contributed by atoms with Crippen LogP contribution < -0.4 is 5.32 Å². The molecule has 118 valence electrons. The SMILES string of the molecule is O=C(NCc1cnc2n1CCCC2)c1ccc(F)c2occc12. The number of carbonyl (C=O) groups is 1. The number of benzene rings is 1. The van der Waals surface area contributed by atoms with Crippen molar-refractivity contribution in [2.75, 3.05) is 0 Å². The van der Waals surface area contributed by atoms with Crippen LogP contribution in [-0.4, -0.2) is 15.5 Å². The smallest absolute Gasteiger partial charge is 0.252 e. The first-order chi connectivity index (χ1) is 11.2. The van der Waals surface area contributed by atoms with E-state index < -0.39 is 5.82 Å². The molecule has 0 atom stereocenters. The monoisotopic (exact) mass is 313 g/mol. The summed E-state index contributed by atoms with van der Waals surface area (Å²) in [5, 5.41) is 3.37. The Morgan fingerprint density at radius 1 is 1.35 bits per heavy atom. The standard InChI is InChI=1S/C17H16FN3O2/c18-14-5-4-13(12-6-8-23-16(12)14)17(22)20-10-11-9-19-15-3-1-2-7-21(11)15/h4-6,8-9H,1-3,7,10H2,(H,20,22). The minimum Gasteiger partial charge on any atom is -0.461 e. The van der Waals surface area contributed by atoms with E-state index >= 15 is 0 Å². The van der Waals surface area contributed by atoms with E-state index in [9.17, 15) is 9.18 Å². The quantitative estimate of drug-likeness (QED) is 0.808. The van der Waals surface area contributed by atoms with E-state index in [-0.39, 0.29) is 11.5 Å². The van der Waals surface area contributed by atoms with Crippen molar-refractivity contribution in [1.82, 2.24) is 14.9 Å². The number of hydrogen-bond donors (Lipinski definition) is 1. The molecule has 1 amide bonds.